The van der Waals surface area contributed by atoms with Gasteiger partial charge in [0.05, 0.1) is 11.4 Å². The van der Waals surface area contributed by atoms with Crippen molar-refractivity contribution in [2.24, 2.45) is 0 Å². The maximum atomic E-state index is 12.5. The second-order valence-electron chi connectivity index (χ2n) is 4.50. The monoisotopic (exact) mass is 291 g/mol. The summed E-state index contributed by atoms with van der Waals surface area (Å²) < 4.78 is 50.5. The molecule has 3 nitrogen and oxygen atoms in total. The molecule has 0 spiro atoms. The quantitative estimate of drug-likeness (QED) is 0.808. The highest BCUT2D eigenvalue weighted by molar-refractivity contribution is 7.89. The molecule has 1 rings (SSSR count). The molecule has 1 aromatic rings. The van der Waals surface area contributed by atoms with Crippen LogP contribution in [0.2, 0.25) is 0 Å². The van der Waals surface area contributed by atoms with E-state index in [0.29, 0.717) is 6.42 Å². The molecule has 0 heterocycles. The highest BCUT2D eigenvalue weighted by Crippen LogP contribution is 2.20. The number of benzene rings is 1. The number of sulfonamides is 1. The summed E-state index contributed by atoms with van der Waals surface area (Å²) in [7, 11) is -3.84. The van der Waals surface area contributed by atoms with Crippen LogP contribution < -0.4 is 0 Å². The number of rotatable bonds is 6. The standard InChI is InChI=1S/C13H19F2NO2S/c1-4-7-16(9-13(14)15)19(17,18)12-6-5-10(2)11(3)8-12/h5-6,8,13H,4,7,9H2,1-3H3. The molecule has 0 aliphatic heterocycles. The molecule has 0 unspecified atom stereocenters. The molecule has 0 atom stereocenters. The van der Waals surface area contributed by atoms with Crippen molar-refractivity contribution in [2.75, 3.05) is 13.1 Å². The summed E-state index contributed by atoms with van der Waals surface area (Å²) in [6.07, 6.45) is -2.18. The fourth-order valence-corrected chi connectivity index (χ4v) is 3.33. The van der Waals surface area contributed by atoms with Gasteiger partial charge >= 0.3 is 0 Å². The zero-order valence-electron chi connectivity index (χ0n) is 11.4. The van der Waals surface area contributed by atoms with Crippen LogP contribution in [0.15, 0.2) is 23.1 Å². The Bertz CT molecular complexity index is 529. The van der Waals surface area contributed by atoms with Crippen molar-refractivity contribution in [1.82, 2.24) is 4.31 Å². The molecular weight excluding hydrogens is 272 g/mol. The molecule has 0 radical (unpaired) electrons. The van der Waals surface area contributed by atoms with E-state index in [-0.39, 0.29) is 11.4 Å². The van der Waals surface area contributed by atoms with E-state index < -0.39 is 23.0 Å². The van der Waals surface area contributed by atoms with Crippen molar-refractivity contribution in [1.29, 1.82) is 0 Å². The fraction of sp³-hybridized carbons (Fsp3) is 0.538. The summed E-state index contributed by atoms with van der Waals surface area (Å²) in [5.41, 5.74) is 1.80. The third-order valence-electron chi connectivity index (χ3n) is 2.93. The zero-order valence-corrected chi connectivity index (χ0v) is 12.2. The molecular formula is C13H19F2NO2S. The van der Waals surface area contributed by atoms with E-state index in [4.69, 9.17) is 0 Å². The number of hydrogen-bond acceptors (Lipinski definition) is 2. The highest BCUT2D eigenvalue weighted by atomic mass is 32.2. The van der Waals surface area contributed by atoms with Gasteiger partial charge in [0.15, 0.2) is 0 Å². The highest BCUT2D eigenvalue weighted by Gasteiger charge is 2.26. The minimum Gasteiger partial charge on any atom is -0.209 e. The Labute approximate surface area is 113 Å². The van der Waals surface area contributed by atoms with Crippen molar-refractivity contribution >= 4 is 10.0 Å². The summed E-state index contributed by atoms with van der Waals surface area (Å²) >= 11 is 0. The van der Waals surface area contributed by atoms with Gasteiger partial charge in [0, 0.05) is 6.54 Å². The normalized spacial score (nSPS) is 12.4. The molecule has 0 saturated carbocycles. The van der Waals surface area contributed by atoms with E-state index >= 15 is 0 Å². The van der Waals surface area contributed by atoms with Gasteiger partial charge in [-0.1, -0.05) is 13.0 Å². The number of alkyl halides is 2. The minimum atomic E-state index is -3.84. The number of hydrogen-bond donors (Lipinski definition) is 0. The Kier molecular flexibility index (Phi) is 5.43. The Morgan fingerprint density at radius 3 is 2.32 bits per heavy atom. The van der Waals surface area contributed by atoms with Gasteiger partial charge in [-0.25, -0.2) is 17.2 Å². The molecule has 0 aromatic heterocycles. The molecule has 0 saturated heterocycles. The summed E-state index contributed by atoms with van der Waals surface area (Å²) in [6, 6.07) is 4.68. The molecule has 0 aliphatic rings. The third-order valence-corrected chi connectivity index (χ3v) is 4.79. The summed E-state index contributed by atoms with van der Waals surface area (Å²) in [4.78, 5) is 0.0738. The maximum Gasteiger partial charge on any atom is 0.252 e. The summed E-state index contributed by atoms with van der Waals surface area (Å²) in [5.74, 6) is 0. The number of nitrogens with zero attached hydrogens (tertiary/aromatic N) is 1. The maximum absolute atomic E-state index is 12.5. The van der Waals surface area contributed by atoms with Crippen LogP contribution in [0.4, 0.5) is 8.78 Å². The van der Waals surface area contributed by atoms with Gasteiger partial charge in [-0.2, -0.15) is 4.31 Å². The Balaban J connectivity index is 3.14. The topological polar surface area (TPSA) is 37.4 Å². The van der Waals surface area contributed by atoms with Crippen LogP contribution in [0.5, 0.6) is 0 Å². The van der Waals surface area contributed by atoms with Crippen molar-refractivity contribution in [3.8, 4) is 0 Å². The average Bonchev–Trinajstić information content (AvgIpc) is 2.31. The van der Waals surface area contributed by atoms with Gasteiger partial charge in [-0.15, -0.1) is 0 Å². The van der Waals surface area contributed by atoms with Crippen LogP contribution in [0.25, 0.3) is 0 Å². The Morgan fingerprint density at radius 1 is 1.21 bits per heavy atom. The molecule has 19 heavy (non-hydrogen) atoms. The summed E-state index contributed by atoms with van der Waals surface area (Å²) in [6.45, 7) is 4.76. The van der Waals surface area contributed by atoms with Gasteiger partial charge in [0.2, 0.25) is 10.0 Å². The first-order chi connectivity index (χ1) is 8.78. The molecule has 0 N–H and O–H groups in total. The van der Waals surface area contributed by atoms with E-state index in [9.17, 15) is 17.2 Å². The van der Waals surface area contributed by atoms with Crippen LogP contribution in [0.1, 0.15) is 24.5 Å². The van der Waals surface area contributed by atoms with Gasteiger partial charge in [0.1, 0.15) is 0 Å². The number of aryl methyl sites for hydroxylation is 2. The predicted molar refractivity (Wildman–Crippen MR) is 71.0 cm³/mol. The van der Waals surface area contributed by atoms with Crippen LogP contribution >= 0.6 is 0 Å². The van der Waals surface area contributed by atoms with Crippen molar-refractivity contribution in [3.05, 3.63) is 29.3 Å². The molecule has 6 heteroatoms. The van der Waals surface area contributed by atoms with E-state index in [1.807, 2.05) is 6.92 Å². The lowest BCUT2D eigenvalue weighted by atomic mass is 10.1. The van der Waals surface area contributed by atoms with Crippen molar-refractivity contribution in [3.63, 3.8) is 0 Å². The molecule has 1 aromatic carbocycles. The van der Waals surface area contributed by atoms with Gasteiger partial charge in [-0.3, -0.25) is 0 Å². The molecule has 0 fully saturated rings. The van der Waals surface area contributed by atoms with E-state index in [1.54, 1.807) is 19.9 Å². The van der Waals surface area contributed by atoms with Crippen LogP contribution in [-0.4, -0.2) is 32.2 Å². The van der Waals surface area contributed by atoms with E-state index in [2.05, 4.69) is 0 Å². The third kappa shape index (κ3) is 3.98. The number of halogens is 2. The second kappa shape index (κ2) is 6.43. The summed E-state index contributed by atoms with van der Waals surface area (Å²) in [5, 5.41) is 0. The first-order valence-electron chi connectivity index (χ1n) is 6.14. The lowest BCUT2D eigenvalue weighted by Crippen LogP contribution is -2.35. The average molecular weight is 291 g/mol. The SMILES string of the molecule is CCCN(CC(F)F)S(=O)(=O)c1ccc(C)c(C)c1. The largest absolute Gasteiger partial charge is 0.252 e. The van der Waals surface area contributed by atoms with E-state index in [1.165, 1.54) is 12.1 Å². The van der Waals surface area contributed by atoms with Gasteiger partial charge < -0.3 is 0 Å². The molecule has 0 aliphatic carbocycles. The van der Waals surface area contributed by atoms with Crippen LogP contribution in [-0.2, 0) is 10.0 Å². The van der Waals surface area contributed by atoms with Crippen molar-refractivity contribution in [2.45, 2.75) is 38.5 Å². The first-order valence-corrected chi connectivity index (χ1v) is 7.58. The predicted octanol–water partition coefficient (Wildman–Crippen LogP) is 2.97. The Morgan fingerprint density at radius 2 is 1.84 bits per heavy atom. The lowest BCUT2D eigenvalue weighted by Gasteiger charge is -2.21. The zero-order chi connectivity index (χ0) is 14.6. The van der Waals surface area contributed by atoms with Crippen molar-refractivity contribution < 1.29 is 17.2 Å². The molecule has 0 bridgehead atoms. The molecule has 0 amide bonds. The minimum absolute atomic E-state index is 0.0738. The second-order valence-corrected chi connectivity index (χ2v) is 6.44. The van der Waals surface area contributed by atoms with Crippen LogP contribution in [0, 0.1) is 13.8 Å². The lowest BCUT2D eigenvalue weighted by molar-refractivity contribution is 0.119. The van der Waals surface area contributed by atoms with Gasteiger partial charge in [-0.05, 0) is 43.5 Å². The first kappa shape index (κ1) is 16.0. The van der Waals surface area contributed by atoms with Crippen LogP contribution in [0.3, 0.4) is 0 Å². The fourth-order valence-electron chi connectivity index (χ4n) is 1.74. The molecule has 108 valence electrons. The van der Waals surface area contributed by atoms with E-state index in [0.717, 1.165) is 15.4 Å². The van der Waals surface area contributed by atoms with Gasteiger partial charge in [0.25, 0.3) is 6.43 Å². The Hall–Kier alpha value is -1.01. The smallest absolute Gasteiger partial charge is 0.209 e.